The third-order valence-corrected chi connectivity index (χ3v) is 6.20. The van der Waals surface area contributed by atoms with Gasteiger partial charge in [-0.3, -0.25) is 9.59 Å². The summed E-state index contributed by atoms with van der Waals surface area (Å²) >= 11 is 0. The van der Waals surface area contributed by atoms with Crippen molar-refractivity contribution < 1.29 is 13.2 Å². The van der Waals surface area contributed by atoms with Crippen LogP contribution in [0.1, 0.15) is 42.7 Å². The Bertz CT molecular complexity index is 916. The maximum atomic E-state index is 12.5. The number of amides is 1. The number of hydrogen-bond donors (Lipinski definition) is 2. The van der Waals surface area contributed by atoms with Gasteiger partial charge in [-0.25, -0.2) is 8.42 Å². The van der Waals surface area contributed by atoms with Crippen LogP contribution in [-0.2, 0) is 10.0 Å². The Morgan fingerprint density at radius 3 is 2.31 bits per heavy atom. The fraction of sp³-hybridized carbons (Fsp3) is 0.333. The van der Waals surface area contributed by atoms with Crippen molar-refractivity contribution in [1.29, 1.82) is 0 Å². The van der Waals surface area contributed by atoms with E-state index >= 15 is 0 Å². The number of aromatic amines is 1. The second kappa shape index (κ2) is 8.29. The number of nitrogens with zero attached hydrogens (tertiary/aromatic N) is 1. The Morgan fingerprint density at radius 2 is 1.77 bits per heavy atom. The molecule has 0 saturated carbocycles. The summed E-state index contributed by atoms with van der Waals surface area (Å²) in [5, 5.41) is 2.74. The molecule has 0 bridgehead atoms. The van der Waals surface area contributed by atoms with Gasteiger partial charge in [0.25, 0.3) is 11.5 Å². The van der Waals surface area contributed by atoms with Crippen LogP contribution in [-0.4, -0.2) is 36.7 Å². The zero-order valence-corrected chi connectivity index (χ0v) is 15.8. The van der Waals surface area contributed by atoms with Crippen LogP contribution in [0.25, 0.3) is 0 Å². The van der Waals surface area contributed by atoms with E-state index in [1.165, 1.54) is 28.7 Å². The van der Waals surface area contributed by atoms with Gasteiger partial charge in [0.15, 0.2) is 0 Å². The number of carbonyl (C=O) groups is 1. The molecule has 1 unspecified atom stereocenters. The minimum Gasteiger partial charge on any atom is -0.345 e. The summed E-state index contributed by atoms with van der Waals surface area (Å²) in [7, 11) is -3.51. The predicted molar refractivity (Wildman–Crippen MR) is 99.5 cm³/mol. The van der Waals surface area contributed by atoms with Crippen molar-refractivity contribution in [3.8, 4) is 0 Å². The molecule has 1 amide bonds. The van der Waals surface area contributed by atoms with Crippen LogP contribution in [0.5, 0.6) is 0 Å². The highest BCUT2D eigenvalue weighted by molar-refractivity contribution is 7.89. The lowest BCUT2D eigenvalue weighted by molar-refractivity contribution is 0.0938. The maximum absolute atomic E-state index is 12.5. The van der Waals surface area contributed by atoms with Crippen molar-refractivity contribution >= 4 is 15.9 Å². The van der Waals surface area contributed by atoms with Gasteiger partial charge in [0.05, 0.1) is 10.9 Å². The highest BCUT2D eigenvalue weighted by Crippen LogP contribution is 2.19. The molecule has 1 aromatic carbocycles. The van der Waals surface area contributed by atoms with E-state index in [1.54, 1.807) is 39.0 Å². The second-order valence-electron chi connectivity index (χ2n) is 5.77. The number of benzene rings is 1. The molecule has 140 valence electrons. The average Bonchev–Trinajstić information content (AvgIpc) is 2.62. The van der Waals surface area contributed by atoms with Crippen molar-refractivity contribution in [3.63, 3.8) is 0 Å². The number of hydrogen-bond acceptors (Lipinski definition) is 4. The smallest absolute Gasteiger partial charge is 0.260 e. The first-order valence-corrected chi connectivity index (χ1v) is 9.84. The van der Waals surface area contributed by atoms with E-state index in [0.29, 0.717) is 13.1 Å². The van der Waals surface area contributed by atoms with E-state index in [0.717, 1.165) is 5.56 Å². The largest absolute Gasteiger partial charge is 0.345 e. The molecule has 2 aromatic rings. The molecule has 0 aliphatic carbocycles. The first-order valence-electron chi connectivity index (χ1n) is 8.40. The molecule has 8 heteroatoms. The summed E-state index contributed by atoms with van der Waals surface area (Å²) in [6.45, 7) is 6.15. The van der Waals surface area contributed by atoms with Gasteiger partial charge in [-0.05, 0) is 36.8 Å². The van der Waals surface area contributed by atoms with E-state index in [4.69, 9.17) is 0 Å². The van der Waals surface area contributed by atoms with Crippen LogP contribution in [0, 0.1) is 0 Å². The van der Waals surface area contributed by atoms with Crippen LogP contribution in [0.4, 0.5) is 0 Å². The number of sulfonamides is 1. The van der Waals surface area contributed by atoms with Gasteiger partial charge in [-0.2, -0.15) is 4.31 Å². The number of nitrogens with one attached hydrogen (secondary N) is 2. The van der Waals surface area contributed by atoms with Gasteiger partial charge < -0.3 is 10.3 Å². The van der Waals surface area contributed by atoms with Crippen molar-refractivity contribution in [3.05, 3.63) is 64.1 Å². The first-order chi connectivity index (χ1) is 12.3. The summed E-state index contributed by atoms with van der Waals surface area (Å²) < 4.78 is 26.4. The lowest BCUT2D eigenvalue weighted by Crippen LogP contribution is -2.31. The third-order valence-electron chi connectivity index (χ3n) is 4.13. The highest BCUT2D eigenvalue weighted by Gasteiger charge is 2.22. The third kappa shape index (κ3) is 4.20. The van der Waals surface area contributed by atoms with Crippen LogP contribution in [0.3, 0.4) is 0 Å². The number of H-pyrrole nitrogens is 1. The van der Waals surface area contributed by atoms with Gasteiger partial charge in [0.2, 0.25) is 10.0 Å². The second-order valence-corrected chi connectivity index (χ2v) is 7.70. The fourth-order valence-electron chi connectivity index (χ4n) is 2.60. The Morgan fingerprint density at radius 1 is 1.15 bits per heavy atom. The summed E-state index contributed by atoms with van der Waals surface area (Å²) in [6.07, 6.45) is 1.46. The molecule has 0 radical (unpaired) electrons. The Labute approximate surface area is 153 Å². The van der Waals surface area contributed by atoms with E-state index in [-0.39, 0.29) is 16.5 Å². The predicted octanol–water partition coefficient (Wildman–Crippen LogP) is 1.90. The molecular weight excluding hydrogens is 354 g/mol. The van der Waals surface area contributed by atoms with Crippen LogP contribution in [0.2, 0.25) is 0 Å². The molecule has 26 heavy (non-hydrogen) atoms. The van der Waals surface area contributed by atoms with Gasteiger partial charge in [0, 0.05) is 19.3 Å². The van der Waals surface area contributed by atoms with E-state index in [9.17, 15) is 18.0 Å². The molecule has 2 rings (SSSR count). The Hall–Kier alpha value is -2.45. The van der Waals surface area contributed by atoms with Gasteiger partial charge in [0.1, 0.15) is 5.56 Å². The number of aromatic nitrogens is 1. The molecule has 0 aliphatic rings. The minimum atomic E-state index is -3.51. The molecule has 2 N–H and O–H groups in total. The van der Waals surface area contributed by atoms with E-state index < -0.39 is 21.5 Å². The van der Waals surface area contributed by atoms with Crippen molar-refractivity contribution in [2.45, 2.75) is 31.7 Å². The Kier molecular flexibility index (Phi) is 6.33. The van der Waals surface area contributed by atoms with Crippen molar-refractivity contribution in [2.24, 2.45) is 0 Å². The first kappa shape index (κ1) is 19.9. The van der Waals surface area contributed by atoms with Crippen LogP contribution < -0.4 is 10.9 Å². The normalized spacial score (nSPS) is 12.8. The molecule has 0 saturated heterocycles. The standard InChI is InChI=1S/C18H23N3O4S/c1-4-21(5-2)26(24,25)15-10-8-14(9-11-15)13(3)20-18(23)16-7-6-12-19-17(16)22/h6-13H,4-5H2,1-3H3,(H,19,22)(H,20,23). The number of pyridine rings is 1. The summed E-state index contributed by atoms with van der Waals surface area (Å²) in [5.74, 6) is -0.487. The number of carbonyl (C=O) groups excluding carboxylic acids is 1. The number of rotatable bonds is 7. The molecule has 0 spiro atoms. The van der Waals surface area contributed by atoms with Crippen molar-refractivity contribution in [1.82, 2.24) is 14.6 Å². The van der Waals surface area contributed by atoms with E-state index in [2.05, 4.69) is 10.3 Å². The quantitative estimate of drug-likeness (QED) is 0.770. The summed E-state index contributed by atoms with van der Waals surface area (Å²) in [6, 6.07) is 9.02. The van der Waals surface area contributed by atoms with Crippen LogP contribution in [0.15, 0.2) is 52.3 Å². The SMILES string of the molecule is CCN(CC)S(=O)(=O)c1ccc(C(C)NC(=O)c2ccc[nH]c2=O)cc1. The minimum absolute atomic E-state index is 0.0279. The monoisotopic (exact) mass is 377 g/mol. The molecule has 1 aromatic heterocycles. The molecular formula is C18H23N3O4S. The average molecular weight is 377 g/mol. The molecule has 0 aliphatic heterocycles. The lowest BCUT2D eigenvalue weighted by Gasteiger charge is -2.19. The summed E-state index contributed by atoms with van der Waals surface area (Å²) in [5.41, 5.74) is 0.308. The zero-order valence-electron chi connectivity index (χ0n) is 15.0. The molecule has 1 atom stereocenters. The lowest BCUT2D eigenvalue weighted by atomic mass is 10.1. The van der Waals surface area contributed by atoms with Gasteiger partial charge in [-0.15, -0.1) is 0 Å². The molecule has 0 fully saturated rings. The zero-order chi connectivity index (χ0) is 19.3. The van der Waals surface area contributed by atoms with Crippen LogP contribution >= 0.6 is 0 Å². The van der Waals surface area contributed by atoms with Gasteiger partial charge >= 0.3 is 0 Å². The topological polar surface area (TPSA) is 99.3 Å². The molecule has 7 nitrogen and oxygen atoms in total. The summed E-state index contributed by atoms with van der Waals surface area (Å²) in [4.78, 5) is 26.5. The Balaban J connectivity index is 2.16. The van der Waals surface area contributed by atoms with E-state index in [1.807, 2.05) is 0 Å². The highest BCUT2D eigenvalue weighted by atomic mass is 32.2. The molecule has 1 heterocycles. The maximum Gasteiger partial charge on any atom is 0.260 e. The van der Waals surface area contributed by atoms with Crippen molar-refractivity contribution in [2.75, 3.05) is 13.1 Å². The van der Waals surface area contributed by atoms with Gasteiger partial charge in [-0.1, -0.05) is 26.0 Å². The fourth-order valence-corrected chi connectivity index (χ4v) is 4.06.